The van der Waals surface area contributed by atoms with Gasteiger partial charge in [-0.1, -0.05) is 15.9 Å². The number of hydrogen-bond donors (Lipinski definition) is 1. The molecule has 17 heavy (non-hydrogen) atoms. The Labute approximate surface area is 113 Å². The average molecular weight is 307 g/mol. The Balaban J connectivity index is 2.65. The average Bonchev–Trinajstić information content (AvgIpc) is 2.15. The maximum absolute atomic E-state index is 11.7. The molecular formula is C13H25BrNO2+. The number of halogens is 1. The summed E-state index contributed by atoms with van der Waals surface area (Å²) in [5.74, 6) is 0.289. The van der Waals surface area contributed by atoms with Gasteiger partial charge in [-0.05, 0) is 34.6 Å². The van der Waals surface area contributed by atoms with Crippen molar-refractivity contribution in [2.75, 3.05) is 0 Å². The fraction of sp³-hybridized carbons (Fsp3) is 0.923. The van der Waals surface area contributed by atoms with Crippen molar-refractivity contribution in [3.8, 4) is 0 Å². The first-order valence-corrected chi connectivity index (χ1v) is 7.36. The minimum absolute atomic E-state index is 0.162. The van der Waals surface area contributed by atoms with Crippen molar-refractivity contribution >= 4 is 21.9 Å². The number of esters is 1. The molecule has 2 N–H and O–H groups in total. The number of alkyl halides is 1. The van der Waals surface area contributed by atoms with Crippen LogP contribution in [0.25, 0.3) is 0 Å². The molecule has 100 valence electrons. The molecule has 4 heteroatoms. The molecule has 1 heterocycles. The number of nitrogens with two attached hydrogens (primary N) is 1. The van der Waals surface area contributed by atoms with Crippen molar-refractivity contribution in [3.05, 3.63) is 0 Å². The lowest BCUT2D eigenvalue weighted by Gasteiger charge is -2.39. The zero-order valence-electron chi connectivity index (χ0n) is 11.5. The van der Waals surface area contributed by atoms with E-state index >= 15 is 0 Å². The summed E-state index contributed by atoms with van der Waals surface area (Å²) in [5.41, 5.74) is -0.365. The Hall–Kier alpha value is -0.0900. The van der Waals surface area contributed by atoms with Crippen molar-refractivity contribution in [2.45, 2.75) is 70.0 Å². The summed E-state index contributed by atoms with van der Waals surface area (Å²) in [5, 5.41) is 2.40. The quantitative estimate of drug-likeness (QED) is 0.639. The van der Waals surface area contributed by atoms with Crippen molar-refractivity contribution in [2.24, 2.45) is 5.92 Å². The third kappa shape index (κ3) is 4.25. The molecule has 1 rings (SSSR count). The maximum atomic E-state index is 11.7. The van der Waals surface area contributed by atoms with Gasteiger partial charge in [0, 0.05) is 18.8 Å². The Morgan fingerprint density at radius 2 is 1.82 bits per heavy atom. The van der Waals surface area contributed by atoms with E-state index in [0.29, 0.717) is 18.0 Å². The lowest BCUT2D eigenvalue weighted by atomic mass is 9.78. The van der Waals surface area contributed by atoms with Crippen molar-refractivity contribution in [3.63, 3.8) is 0 Å². The maximum Gasteiger partial charge on any atom is 0.319 e. The molecule has 0 aromatic carbocycles. The molecular weight excluding hydrogens is 282 g/mol. The Bertz CT molecular complexity index is 269. The first-order chi connectivity index (χ1) is 7.72. The molecule has 3 unspecified atom stereocenters. The van der Waals surface area contributed by atoms with Crippen LogP contribution in [-0.4, -0.2) is 28.5 Å². The van der Waals surface area contributed by atoms with E-state index in [1.165, 1.54) is 0 Å². The lowest BCUT2D eigenvalue weighted by Crippen LogP contribution is -2.96. The van der Waals surface area contributed by atoms with Gasteiger partial charge < -0.3 is 10.1 Å². The molecule has 3 atom stereocenters. The largest absolute Gasteiger partial charge is 0.459 e. The van der Waals surface area contributed by atoms with Gasteiger partial charge in [-0.2, -0.15) is 0 Å². The van der Waals surface area contributed by atoms with Crippen LogP contribution in [0.3, 0.4) is 0 Å². The van der Waals surface area contributed by atoms with E-state index in [1.807, 2.05) is 13.8 Å². The normalized spacial score (nSPS) is 32.0. The highest BCUT2D eigenvalue weighted by Gasteiger charge is 2.40. The van der Waals surface area contributed by atoms with Crippen LogP contribution in [0, 0.1) is 5.92 Å². The molecule has 0 aliphatic carbocycles. The minimum atomic E-state index is -0.365. The molecule has 1 aliphatic rings. The molecule has 0 aromatic rings. The predicted octanol–water partition coefficient (Wildman–Crippen LogP) is 1.84. The zero-order chi connectivity index (χ0) is 13.2. The van der Waals surface area contributed by atoms with E-state index in [-0.39, 0.29) is 16.4 Å². The van der Waals surface area contributed by atoms with E-state index in [4.69, 9.17) is 4.74 Å². The molecule has 3 nitrogen and oxygen atoms in total. The van der Waals surface area contributed by atoms with Crippen molar-refractivity contribution < 1.29 is 14.8 Å². The molecule has 0 aromatic heterocycles. The number of rotatable bonds is 3. The molecule has 0 spiro atoms. The summed E-state index contributed by atoms with van der Waals surface area (Å²) in [6, 6.07) is 1.23. The number of ether oxygens (including phenoxy) is 1. The third-order valence-electron chi connectivity index (χ3n) is 3.64. The lowest BCUT2D eigenvalue weighted by molar-refractivity contribution is -0.727. The number of carbonyl (C=O) groups excluding carboxylic acids is 1. The molecule has 0 amide bonds. The van der Waals surface area contributed by atoms with Gasteiger partial charge >= 0.3 is 5.97 Å². The van der Waals surface area contributed by atoms with Gasteiger partial charge in [-0.3, -0.25) is 4.79 Å². The molecule has 1 fully saturated rings. The first-order valence-electron chi connectivity index (χ1n) is 6.44. The van der Waals surface area contributed by atoms with Crippen LogP contribution in [0.1, 0.15) is 47.5 Å². The minimum Gasteiger partial charge on any atom is -0.459 e. The molecule has 0 saturated carbocycles. The third-order valence-corrected chi connectivity index (χ3v) is 4.02. The van der Waals surface area contributed by atoms with Crippen molar-refractivity contribution in [1.29, 1.82) is 0 Å². The van der Waals surface area contributed by atoms with E-state index in [9.17, 15) is 4.79 Å². The highest BCUT2D eigenvalue weighted by Crippen LogP contribution is 2.31. The summed E-state index contributed by atoms with van der Waals surface area (Å²) in [7, 11) is 0. The second-order valence-electron chi connectivity index (χ2n) is 5.96. The van der Waals surface area contributed by atoms with Crippen LogP contribution < -0.4 is 5.32 Å². The fourth-order valence-corrected chi connectivity index (χ4v) is 2.80. The van der Waals surface area contributed by atoms with Gasteiger partial charge in [0.15, 0.2) is 0 Å². The number of carbonyl (C=O) groups is 1. The van der Waals surface area contributed by atoms with Gasteiger partial charge in [0.25, 0.3) is 0 Å². The fourth-order valence-electron chi connectivity index (χ4n) is 2.70. The van der Waals surface area contributed by atoms with E-state index in [0.717, 1.165) is 12.8 Å². The summed E-state index contributed by atoms with van der Waals surface area (Å²) in [4.78, 5) is 11.5. The van der Waals surface area contributed by atoms with Gasteiger partial charge in [-0.15, -0.1) is 0 Å². The second kappa shape index (κ2) is 5.70. The second-order valence-corrected chi connectivity index (χ2v) is 7.33. The van der Waals surface area contributed by atoms with Gasteiger partial charge in [0.2, 0.25) is 0 Å². The monoisotopic (exact) mass is 306 g/mol. The summed E-state index contributed by atoms with van der Waals surface area (Å²) >= 11 is 3.26. The highest BCUT2D eigenvalue weighted by molar-refractivity contribution is 9.10. The topological polar surface area (TPSA) is 42.9 Å². The van der Waals surface area contributed by atoms with Crippen LogP contribution >= 0.6 is 15.9 Å². The highest BCUT2D eigenvalue weighted by atomic mass is 79.9. The van der Waals surface area contributed by atoms with Crippen molar-refractivity contribution in [1.82, 2.24) is 0 Å². The van der Waals surface area contributed by atoms with Crippen LogP contribution in [-0.2, 0) is 9.53 Å². The standard InChI is InChI=1S/C13H24BrNO2/c1-8-6-11(7-9(2)15-8)13(4,5)17-12(16)10(3)14/h8-11,15H,6-7H2,1-5H3/p+1. The van der Waals surface area contributed by atoms with Crippen LogP contribution in [0.2, 0.25) is 0 Å². The Morgan fingerprint density at radius 1 is 1.35 bits per heavy atom. The summed E-state index contributed by atoms with van der Waals surface area (Å²) in [6.07, 6.45) is 2.22. The molecule has 0 radical (unpaired) electrons. The van der Waals surface area contributed by atoms with E-state index in [1.54, 1.807) is 6.92 Å². The molecule has 0 bridgehead atoms. The van der Waals surface area contributed by atoms with Crippen LogP contribution in [0.15, 0.2) is 0 Å². The van der Waals surface area contributed by atoms with Gasteiger partial charge in [0.05, 0.1) is 12.1 Å². The summed E-state index contributed by atoms with van der Waals surface area (Å²) < 4.78 is 5.64. The zero-order valence-corrected chi connectivity index (χ0v) is 13.1. The molecule has 1 saturated heterocycles. The van der Waals surface area contributed by atoms with E-state index < -0.39 is 0 Å². The van der Waals surface area contributed by atoms with Crippen LogP contribution in [0.4, 0.5) is 0 Å². The molecule has 1 aliphatic heterocycles. The number of quaternary nitrogens is 1. The first kappa shape index (κ1) is 15.0. The predicted molar refractivity (Wildman–Crippen MR) is 72.1 cm³/mol. The van der Waals surface area contributed by atoms with Crippen LogP contribution in [0.5, 0.6) is 0 Å². The number of hydrogen-bond acceptors (Lipinski definition) is 2. The Morgan fingerprint density at radius 3 is 2.24 bits per heavy atom. The summed E-state index contributed by atoms with van der Waals surface area (Å²) in [6.45, 7) is 10.4. The van der Waals surface area contributed by atoms with Gasteiger partial charge in [-0.25, -0.2) is 0 Å². The Kier molecular flexibility index (Phi) is 5.02. The SMILES string of the molecule is CC1CC(C(C)(C)OC(=O)C(C)Br)CC(C)[NH2+]1. The van der Waals surface area contributed by atoms with Gasteiger partial charge in [0.1, 0.15) is 10.4 Å². The smallest absolute Gasteiger partial charge is 0.319 e. The number of piperidine rings is 1. The van der Waals surface area contributed by atoms with E-state index in [2.05, 4.69) is 35.1 Å².